The van der Waals surface area contributed by atoms with Crippen LogP contribution in [0.4, 0.5) is 9.18 Å². The van der Waals surface area contributed by atoms with E-state index < -0.39 is 6.09 Å². The monoisotopic (exact) mass is 252 g/mol. The van der Waals surface area contributed by atoms with E-state index in [0.29, 0.717) is 6.54 Å². The Balaban J connectivity index is 2.24. The molecule has 1 fully saturated rings. The molecule has 1 amide bonds. The lowest BCUT2D eigenvalue weighted by Crippen LogP contribution is -2.37. The first-order chi connectivity index (χ1) is 8.58. The predicted molar refractivity (Wildman–Crippen MR) is 65.1 cm³/mol. The van der Waals surface area contributed by atoms with Gasteiger partial charge >= 0.3 is 6.09 Å². The highest BCUT2D eigenvalue weighted by Crippen LogP contribution is 2.32. The molecule has 5 heteroatoms. The maximum absolute atomic E-state index is 13.1. The number of hydrogen-bond donors (Lipinski definition) is 1. The average Bonchev–Trinajstić information content (AvgIpc) is 2.30. The molecular formula is C13H17FN2O2. The lowest BCUT2D eigenvalue weighted by Gasteiger charge is -2.34. The van der Waals surface area contributed by atoms with Crippen molar-refractivity contribution in [2.24, 2.45) is 5.73 Å². The second-order valence-electron chi connectivity index (χ2n) is 4.56. The van der Waals surface area contributed by atoms with Crippen LogP contribution in [0.1, 0.15) is 36.4 Å². The Bertz CT molecular complexity index is 451. The van der Waals surface area contributed by atoms with Gasteiger partial charge in [0, 0.05) is 6.54 Å². The molecule has 0 radical (unpaired) electrons. The van der Waals surface area contributed by atoms with Gasteiger partial charge in [-0.1, -0.05) is 12.5 Å². The zero-order valence-electron chi connectivity index (χ0n) is 10.4. The normalized spacial score (nSPS) is 20.7. The van der Waals surface area contributed by atoms with Crippen LogP contribution in [-0.4, -0.2) is 17.7 Å². The number of rotatable bonds is 2. The van der Waals surface area contributed by atoms with Gasteiger partial charge in [-0.05, 0) is 43.0 Å². The number of halogens is 1. The lowest BCUT2D eigenvalue weighted by molar-refractivity contribution is -0.144. The molecule has 98 valence electrons. The van der Waals surface area contributed by atoms with Crippen LogP contribution >= 0.6 is 0 Å². The summed E-state index contributed by atoms with van der Waals surface area (Å²) in [5, 5.41) is 1.60. The molecule has 1 aliphatic rings. The first-order valence-electron chi connectivity index (χ1n) is 6.08. The van der Waals surface area contributed by atoms with Gasteiger partial charge in [0.05, 0.1) is 6.04 Å². The molecule has 1 heterocycles. The Morgan fingerprint density at radius 2 is 2.28 bits per heavy atom. The van der Waals surface area contributed by atoms with Gasteiger partial charge in [0.15, 0.2) is 0 Å². The molecule has 2 N–H and O–H groups in total. The summed E-state index contributed by atoms with van der Waals surface area (Å²) < 4.78 is 13.1. The summed E-state index contributed by atoms with van der Waals surface area (Å²) >= 11 is 0. The van der Waals surface area contributed by atoms with E-state index in [9.17, 15) is 9.18 Å². The van der Waals surface area contributed by atoms with Gasteiger partial charge in [-0.2, -0.15) is 0 Å². The molecule has 1 saturated heterocycles. The third-order valence-corrected chi connectivity index (χ3v) is 3.25. The molecule has 0 bridgehead atoms. The van der Waals surface area contributed by atoms with E-state index in [1.165, 1.54) is 12.1 Å². The van der Waals surface area contributed by atoms with Gasteiger partial charge in [0.25, 0.3) is 0 Å². The molecule has 0 saturated carbocycles. The average molecular weight is 252 g/mol. The summed E-state index contributed by atoms with van der Waals surface area (Å²) in [6, 6.07) is 4.64. The van der Waals surface area contributed by atoms with Crippen LogP contribution in [0.15, 0.2) is 18.2 Å². The van der Waals surface area contributed by atoms with Crippen molar-refractivity contribution < 1.29 is 14.0 Å². The molecule has 0 aromatic heterocycles. The maximum atomic E-state index is 13.1. The third-order valence-electron chi connectivity index (χ3n) is 3.25. The maximum Gasteiger partial charge on any atom is 0.423 e. The Morgan fingerprint density at radius 1 is 1.50 bits per heavy atom. The minimum atomic E-state index is -0.804. The summed E-state index contributed by atoms with van der Waals surface area (Å²) in [5.41, 5.74) is 6.91. The fraction of sp³-hybridized carbons (Fsp3) is 0.462. The van der Waals surface area contributed by atoms with Crippen LogP contribution < -0.4 is 5.73 Å². The Labute approximate surface area is 105 Å². The molecular weight excluding hydrogens is 235 g/mol. The second-order valence-corrected chi connectivity index (χ2v) is 4.56. The minimum Gasteiger partial charge on any atom is -0.351 e. The fourth-order valence-corrected chi connectivity index (χ4v) is 2.45. The molecule has 2 rings (SSSR count). The number of benzene rings is 1. The van der Waals surface area contributed by atoms with Gasteiger partial charge in [-0.25, -0.2) is 9.18 Å². The van der Waals surface area contributed by atoms with Crippen molar-refractivity contribution in [3.63, 3.8) is 0 Å². The Morgan fingerprint density at radius 3 is 2.94 bits per heavy atom. The highest BCUT2D eigenvalue weighted by Gasteiger charge is 2.27. The number of nitrogens with two attached hydrogens (primary N) is 1. The standard InChI is InChI=1S/C13H17FN2O2/c1-9-8-10(14)5-6-11(9)12-4-2-3-7-16(12)18-13(15)17/h5-6,8,12H,2-4,7H2,1H3,(H2,15,17). The quantitative estimate of drug-likeness (QED) is 0.880. The molecule has 4 nitrogen and oxygen atoms in total. The smallest absolute Gasteiger partial charge is 0.351 e. The van der Waals surface area contributed by atoms with Crippen LogP contribution in [0.25, 0.3) is 0 Å². The van der Waals surface area contributed by atoms with E-state index in [4.69, 9.17) is 10.6 Å². The zero-order chi connectivity index (χ0) is 13.1. The van der Waals surface area contributed by atoms with Gasteiger partial charge in [-0.3, -0.25) is 0 Å². The van der Waals surface area contributed by atoms with Crippen LogP contribution in [0, 0.1) is 12.7 Å². The van der Waals surface area contributed by atoms with Crippen molar-refractivity contribution in [3.8, 4) is 0 Å². The van der Waals surface area contributed by atoms with E-state index in [1.807, 2.05) is 6.92 Å². The molecule has 0 aliphatic carbocycles. The lowest BCUT2D eigenvalue weighted by atomic mass is 9.94. The number of amides is 1. The molecule has 1 unspecified atom stereocenters. The van der Waals surface area contributed by atoms with Crippen molar-refractivity contribution >= 4 is 6.09 Å². The summed E-state index contributed by atoms with van der Waals surface area (Å²) in [5.74, 6) is -0.255. The largest absolute Gasteiger partial charge is 0.423 e. The summed E-state index contributed by atoms with van der Waals surface area (Å²) in [4.78, 5) is 15.9. The van der Waals surface area contributed by atoms with Crippen molar-refractivity contribution in [3.05, 3.63) is 35.1 Å². The molecule has 1 aromatic carbocycles. The van der Waals surface area contributed by atoms with E-state index >= 15 is 0 Å². The van der Waals surface area contributed by atoms with Gasteiger partial charge in [-0.15, -0.1) is 5.06 Å². The number of primary amides is 1. The van der Waals surface area contributed by atoms with Crippen LogP contribution in [-0.2, 0) is 4.84 Å². The number of piperidine rings is 1. The van der Waals surface area contributed by atoms with Gasteiger partial charge in [0.1, 0.15) is 5.82 Å². The van der Waals surface area contributed by atoms with Crippen LogP contribution in [0.2, 0.25) is 0 Å². The van der Waals surface area contributed by atoms with Crippen molar-refractivity contribution in [2.45, 2.75) is 32.2 Å². The highest BCUT2D eigenvalue weighted by molar-refractivity contribution is 5.64. The second kappa shape index (κ2) is 5.35. The third kappa shape index (κ3) is 2.79. The van der Waals surface area contributed by atoms with Crippen LogP contribution in [0.5, 0.6) is 0 Å². The number of hydrogen-bond acceptors (Lipinski definition) is 3. The van der Waals surface area contributed by atoms with Gasteiger partial charge in [0.2, 0.25) is 0 Å². The summed E-state index contributed by atoms with van der Waals surface area (Å²) in [6.45, 7) is 2.51. The SMILES string of the molecule is Cc1cc(F)ccc1C1CCCCN1OC(N)=O. The van der Waals surface area contributed by atoms with E-state index in [2.05, 4.69) is 0 Å². The number of aryl methyl sites for hydroxylation is 1. The number of hydroxylamine groups is 2. The predicted octanol–water partition coefficient (Wildman–Crippen LogP) is 2.67. The van der Waals surface area contributed by atoms with Crippen molar-refractivity contribution in [1.29, 1.82) is 0 Å². The zero-order valence-corrected chi connectivity index (χ0v) is 10.4. The Hall–Kier alpha value is -1.62. The molecule has 1 atom stereocenters. The van der Waals surface area contributed by atoms with E-state index in [0.717, 1.165) is 30.4 Å². The molecule has 1 aliphatic heterocycles. The fourth-order valence-electron chi connectivity index (χ4n) is 2.45. The highest BCUT2D eigenvalue weighted by atomic mass is 19.1. The molecule has 1 aromatic rings. The van der Waals surface area contributed by atoms with Crippen molar-refractivity contribution in [2.75, 3.05) is 6.54 Å². The first kappa shape index (κ1) is 12.8. The number of carbonyl (C=O) groups is 1. The molecule has 18 heavy (non-hydrogen) atoms. The topological polar surface area (TPSA) is 55.6 Å². The number of carbonyl (C=O) groups excluding carboxylic acids is 1. The number of nitrogens with zero attached hydrogens (tertiary/aromatic N) is 1. The van der Waals surface area contributed by atoms with E-state index in [1.54, 1.807) is 11.1 Å². The van der Waals surface area contributed by atoms with Crippen molar-refractivity contribution in [1.82, 2.24) is 5.06 Å². The first-order valence-corrected chi connectivity index (χ1v) is 6.08. The van der Waals surface area contributed by atoms with Gasteiger partial charge < -0.3 is 10.6 Å². The summed E-state index contributed by atoms with van der Waals surface area (Å²) in [6.07, 6.45) is 2.09. The Kier molecular flexibility index (Phi) is 3.81. The molecule has 0 spiro atoms. The van der Waals surface area contributed by atoms with E-state index in [-0.39, 0.29) is 11.9 Å². The minimum absolute atomic E-state index is 0.0353. The van der Waals surface area contributed by atoms with Crippen LogP contribution in [0.3, 0.4) is 0 Å². The summed E-state index contributed by atoms with van der Waals surface area (Å²) in [7, 11) is 0.